The fourth-order valence-corrected chi connectivity index (χ4v) is 4.00. The van der Waals surface area contributed by atoms with Crippen LogP contribution in [0.1, 0.15) is 35.1 Å². The predicted octanol–water partition coefficient (Wildman–Crippen LogP) is 5.00. The second kappa shape index (κ2) is 8.96. The number of halogens is 3. The predicted molar refractivity (Wildman–Crippen MR) is 120 cm³/mol. The lowest BCUT2D eigenvalue weighted by molar-refractivity contribution is -0.137. The minimum atomic E-state index is -4.39. The Labute approximate surface area is 194 Å². The molecule has 0 spiro atoms. The maximum absolute atomic E-state index is 13.4. The summed E-state index contributed by atoms with van der Waals surface area (Å²) in [5, 5.41) is 11.3. The fraction of sp³-hybridized carbons (Fsp3) is 0.391. The van der Waals surface area contributed by atoms with Crippen LogP contribution in [-0.2, 0) is 6.42 Å². The Kier molecular flexibility index (Phi) is 6.20. The normalized spacial score (nSPS) is 12.8. The minimum Gasteiger partial charge on any atom is -0.497 e. The van der Waals surface area contributed by atoms with Gasteiger partial charge < -0.3 is 14.6 Å². The molecule has 1 aromatic carbocycles. The lowest BCUT2D eigenvalue weighted by Gasteiger charge is -2.20. The van der Waals surface area contributed by atoms with Crippen molar-refractivity contribution in [1.82, 2.24) is 24.7 Å². The largest absolute Gasteiger partial charge is 0.497 e. The van der Waals surface area contributed by atoms with Crippen LogP contribution < -0.4 is 10.1 Å². The second-order valence-electron chi connectivity index (χ2n) is 8.26. The van der Waals surface area contributed by atoms with Crippen molar-refractivity contribution in [2.24, 2.45) is 0 Å². The van der Waals surface area contributed by atoms with Crippen LogP contribution in [0, 0.1) is 27.7 Å². The Morgan fingerprint density at radius 3 is 2.50 bits per heavy atom. The van der Waals surface area contributed by atoms with E-state index >= 15 is 0 Å². The number of alkyl halides is 3. The minimum absolute atomic E-state index is 0.0894. The zero-order chi connectivity index (χ0) is 24.6. The molecule has 0 saturated heterocycles. The van der Waals surface area contributed by atoms with E-state index in [4.69, 9.17) is 9.26 Å². The van der Waals surface area contributed by atoms with Crippen molar-refractivity contribution < 1.29 is 22.4 Å². The first-order valence-corrected chi connectivity index (χ1v) is 10.7. The molecule has 0 fully saturated rings. The Hall–Kier alpha value is -3.63. The van der Waals surface area contributed by atoms with Gasteiger partial charge in [-0.3, -0.25) is 0 Å². The number of benzene rings is 1. The highest BCUT2D eigenvalue weighted by Gasteiger charge is 2.33. The first-order valence-electron chi connectivity index (χ1n) is 10.7. The zero-order valence-electron chi connectivity index (χ0n) is 19.5. The summed E-state index contributed by atoms with van der Waals surface area (Å²) in [6.07, 6.45) is -5.56. The third kappa shape index (κ3) is 4.97. The molecule has 34 heavy (non-hydrogen) atoms. The maximum Gasteiger partial charge on any atom is 0.391 e. The molecule has 3 heterocycles. The highest BCUT2D eigenvalue weighted by atomic mass is 19.4. The van der Waals surface area contributed by atoms with Crippen molar-refractivity contribution in [1.29, 1.82) is 0 Å². The average Bonchev–Trinajstić information content (AvgIpc) is 3.29. The average molecular weight is 474 g/mol. The maximum atomic E-state index is 13.4. The number of aryl methyl sites for hydroxylation is 4. The van der Waals surface area contributed by atoms with Crippen molar-refractivity contribution in [3.8, 4) is 16.9 Å². The van der Waals surface area contributed by atoms with Gasteiger partial charge in [0.25, 0.3) is 0 Å². The van der Waals surface area contributed by atoms with Crippen LogP contribution in [-0.4, -0.2) is 44.1 Å². The van der Waals surface area contributed by atoms with Gasteiger partial charge in [-0.05, 0) is 51.0 Å². The molecule has 0 bridgehead atoms. The van der Waals surface area contributed by atoms with Gasteiger partial charge in [0.05, 0.1) is 19.2 Å². The highest BCUT2D eigenvalue weighted by Crippen LogP contribution is 2.34. The molecular weight excluding hydrogens is 449 g/mol. The number of hydrogen-bond acceptors (Lipinski definition) is 7. The number of methoxy groups -OCH3 is 1. The van der Waals surface area contributed by atoms with Crippen molar-refractivity contribution in [3.05, 3.63) is 52.9 Å². The quantitative estimate of drug-likeness (QED) is 0.403. The van der Waals surface area contributed by atoms with E-state index in [0.29, 0.717) is 28.7 Å². The van der Waals surface area contributed by atoms with Gasteiger partial charge in [0, 0.05) is 29.8 Å². The molecule has 11 heteroatoms. The van der Waals surface area contributed by atoms with Gasteiger partial charge in [0.2, 0.25) is 5.89 Å². The van der Waals surface area contributed by atoms with Crippen LogP contribution in [0.15, 0.2) is 28.8 Å². The first kappa shape index (κ1) is 23.5. The molecule has 180 valence electrons. The molecule has 4 aromatic rings. The number of hydrogen-bond donors (Lipinski definition) is 1. The number of aromatic nitrogens is 5. The summed E-state index contributed by atoms with van der Waals surface area (Å²) < 4.78 is 52.0. The van der Waals surface area contributed by atoms with E-state index in [9.17, 15) is 13.2 Å². The molecule has 0 aliphatic rings. The van der Waals surface area contributed by atoms with Crippen LogP contribution in [0.4, 0.5) is 19.0 Å². The summed E-state index contributed by atoms with van der Waals surface area (Å²) >= 11 is 0. The van der Waals surface area contributed by atoms with Gasteiger partial charge in [0.15, 0.2) is 11.5 Å². The number of ether oxygens (including phenoxy) is 1. The monoisotopic (exact) mass is 474 g/mol. The van der Waals surface area contributed by atoms with E-state index < -0.39 is 18.6 Å². The highest BCUT2D eigenvalue weighted by molar-refractivity contribution is 5.83. The molecule has 0 aliphatic heterocycles. The number of nitrogens with one attached hydrogen (secondary N) is 1. The summed E-state index contributed by atoms with van der Waals surface area (Å²) in [7, 11) is 1.60. The summed E-state index contributed by atoms with van der Waals surface area (Å²) in [5.41, 5.74) is 4.60. The van der Waals surface area contributed by atoms with Gasteiger partial charge in [-0.25, -0.2) is 4.98 Å². The molecule has 8 nitrogen and oxygen atoms in total. The summed E-state index contributed by atoms with van der Waals surface area (Å²) in [6, 6.07) is 6.33. The van der Waals surface area contributed by atoms with Gasteiger partial charge in [-0.2, -0.15) is 27.8 Å². The SMILES string of the molecule is COc1ccc(-c2c(C)nn3c(NC(Cc4nc(C)no4)CC(F)(F)F)cc(C)nc23)c(C)c1. The van der Waals surface area contributed by atoms with Crippen LogP contribution in [0.2, 0.25) is 0 Å². The zero-order valence-corrected chi connectivity index (χ0v) is 19.5. The Balaban J connectivity index is 1.77. The second-order valence-corrected chi connectivity index (χ2v) is 8.26. The molecule has 3 aromatic heterocycles. The van der Waals surface area contributed by atoms with E-state index in [1.165, 1.54) is 0 Å². The van der Waals surface area contributed by atoms with Gasteiger partial charge in [-0.15, -0.1) is 0 Å². The number of anilines is 1. The number of nitrogens with zero attached hydrogens (tertiary/aromatic N) is 5. The summed E-state index contributed by atoms with van der Waals surface area (Å²) in [5.74, 6) is 1.62. The third-order valence-electron chi connectivity index (χ3n) is 5.42. The van der Waals surface area contributed by atoms with Gasteiger partial charge >= 0.3 is 6.18 Å². The molecule has 1 N–H and O–H groups in total. The molecular formula is C23H25F3N6O2. The number of fused-ring (bicyclic) bond motifs is 1. The Bertz CT molecular complexity index is 1330. The topological polar surface area (TPSA) is 90.4 Å². The lowest BCUT2D eigenvalue weighted by Crippen LogP contribution is -2.30. The summed E-state index contributed by atoms with van der Waals surface area (Å²) in [4.78, 5) is 8.71. The number of rotatable bonds is 7. The van der Waals surface area contributed by atoms with Crippen molar-refractivity contribution in [2.75, 3.05) is 12.4 Å². The molecule has 0 aliphatic carbocycles. The van der Waals surface area contributed by atoms with E-state index in [-0.39, 0.29) is 12.3 Å². The van der Waals surface area contributed by atoms with E-state index in [0.717, 1.165) is 22.4 Å². The molecule has 1 unspecified atom stereocenters. The molecule has 0 saturated carbocycles. The smallest absolute Gasteiger partial charge is 0.391 e. The van der Waals surface area contributed by atoms with E-state index in [1.807, 2.05) is 32.0 Å². The Morgan fingerprint density at radius 2 is 1.88 bits per heavy atom. The van der Waals surface area contributed by atoms with Crippen molar-refractivity contribution in [2.45, 2.75) is 52.8 Å². The van der Waals surface area contributed by atoms with Crippen LogP contribution in [0.3, 0.4) is 0 Å². The lowest BCUT2D eigenvalue weighted by atomic mass is 10.0. The standard InChI is InChI=1S/C23H25F3N6O2/c1-12-8-17(33-5)6-7-18(12)21-14(3)30-32-19(9-13(2)27-22(21)32)29-16(11-23(24,25)26)10-20-28-15(4)31-34-20/h6-9,16,29H,10-11H2,1-5H3. The van der Waals surface area contributed by atoms with Crippen LogP contribution >= 0.6 is 0 Å². The van der Waals surface area contributed by atoms with Crippen LogP contribution in [0.5, 0.6) is 5.75 Å². The first-order chi connectivity index (χ1) is 16.0. The Morgan fingerprint density at radius 1 is 1.12 bits per heavy atom. The molecule has 1 atom stereocenters. The van der Waals surface area contributed by atoms with Crippen molar-refractivity contribution >= 4 is 11.5 Å². The third-order valence-corrected chi connectivity index (χ3v) is 5.42. The van der Waals surface area contributed by atoms with Crippen LogP contribution in [0.25, 0.3) is 16.8 Å². The van der Waals surface area contributed by atoms with Gasteiger partial charge in [0.1, 0.15) is 11.6 Å². The molecule has 4 rings (SSSR count). The van der Waals surface area contributed by atoms with E-state index in [2.05, 4.69) is 25.5 Å². The fourth-order valence-electron chi connectivity index (χ4n) is 4.00. The van der Waals surface area contributed by atoms with Gasteiger partial charge in [-0.1, -0.05) is 11.2 Å². The molecule has 0 radical (unpaired) electrons. The molecule has 0 amide bonds. The summed E-state index contributed by atoms with van der Waals surface area (Å²) in [6.45, 7) is 7.21. The van der Waals surface area contributed by atoms with E-state index in [1.54, 1.807) is 31.5 Å². The van der Waals surface area contributed by atoms with Crippen molar-refractivity contribution in [3.63, 3.8) is 0 Å².